The molecule has 2 aromatic heterocycles. The lowest BCUT2D eigenvalue weighted by molar-refractivity contribution is -0.125. The number of hydrogen-bond acceptors (Lipinski definition) is 6. The number of carbonyl (C=O) groups is 1. The first-order valence-electron chi connectivity index (χ1n) is 10.9. The highest BCUT2D eigenvalue weighted by molar-refractivity contribution is 7.18. The van der Waals surface area contributed by atoms with Crippen LogP contribution in [0.25, 0.3) is 10.2 Å². The molecule has 3 heterocycles. The number of benzene rings is 1. The fraction of sp³-hybridized carbons (Fsp3) is 0.458. The van der Waals surface area contributed by atoms with Gasteiger partial charge in [-0.3, -0.25) is 4.79 Å². The van der Waals surface area contributed by atoms with Crippen molar-refractivity contribution in [1.29, 1.82) is 0 Å². The van der Waals surface area contributed by atoms with Crippen molar-refractivity contribution in [1.82, 2.24) is 20.2 Å². The molecule has 3 aromatic rings. The average Bonchev–Trinajstić information content (AvgIpc) is 3.06. The van der Waals surface area contributed by atoms with Crippen LogP contribution in [0.3, 0.4) is 0 Å². The molecular weight excluding hydrogens is 406 g/mol. The molecule has 4 rings (SSSR count). The van der Waals surface area contributed by atoms with Crippen molar-refractivity contribution in [2.24, 2.45) is 5.92 Å². The summed E-state index contributed by atoms with van der Waals surface area (Å²) in [6, 6.07) is 8.33. The van der Waals surface area contributed by atoms with E-state index in [1.807, 2.05) is 6.07 Å². The zero-order chi connectivity index (χ0) is 22.0. The number of nitrogens with zero attached hydrogens (tertiary/aromatic N) is 4. The number of aromatic nitrogens is 2. The first kappa shape index (κ1) is 21.7. The molecule has 1 amide bonds. The van der Waals surface area contributed by atoms with Gasteiger partial charge in [0.15, 0.2) is 0 Å². The van der Waals surface area contributed by atoms with Crippen molar-refractivity contribution in [2.45, 2.75) is 39.8 Å². The minimum absolute atomic E-state index is 0.0555. The van der Waals surface area contributed by atoms with Crippen LogP contribution in [0, 0.1) is 19.8 Å². The second kappa shape index (κ2) is 9.32. The molecule has 31 heavy (non-hydrogen) atoms. The Morgan fingerprint density at radius 1 is 1.16 bits per heavy atom. The molecule has 1 saturated heterocycles. The van der Waals surface area contributed by atoms with E-state index in [9.17, 15) is 4.79 Å². The van der Waals surface area contributed by atoms with Gasteiger partial charge in [0.2, 0.25) is 5.91 Å². The molecular formula is C24H31N5OS. The monoisotopic (exact) mass is 437 g/mol. The molecule has 164 valence electrons. The summed E-state index contributed by atoms with van der Waals surface area (Å²) in [6.45, 7) is 7.43. The van der Waals surface area contributed by atoms with E-state index in [2.05, 4.69) is 71.2 Å². The van der Waals surface area contributed by atoms with Crippen molar-refractivity contribution in [3.63, 3.8) is 0 Å². The number of anilines is 1. The van der Waals surface area contributed by atoms with Crippen LogP contribution in [-0.4, -0.2) is 48.0 Å². The van der Waals surface area contributed by atoms with Gasteiger partial charge in [0, 0.05) is 37.0 Å². The Bertz CT molecular complexity index is 1070. The van der Waals surface area contributed by atoms with Crippen LogP contribution in [0.4, 0.5) is 5.82 Å². The van der Waals surface area contributed by atoms with Gasteiger partial charge in [0.1, 0.15) is 17.0 Å². The highest BCUT2D eigenvalue weighted by Crippen LogP contribution is 2.35. The van der Waals surface area contributed by atoms with Crippen LogP contribution in [0.5, 0.6) is 0 Å². The third-order valence-electron chi connectivity index (χ3n) is 6.17. The fourth-order valence-electron chi connectivity index (χ4n) is 4.31. The smallest absolute Gasteiger partial charge is 0.223 e. The molecule has 6 nitrogen and oxygen atoms in total. The fourth-order valence-corrected chi connectivity index (χ4v) is 5.30. The molecule has 7 heteroatoms. The summed E-state index contributed by atoms with van der Waals surface area (Å²) in [6.07, 6.45) is 3.36. The van der Waals surface area contributed by atoms with Crippen LogP contribution in [0.2, 0.25) is 0 Å². The van der Waals surface area contributed by atoms with E-state index in [1.54, 1.807) is 17.7 Å². The minimum atomic E-state index is 0.0555. The Morgan fingerprint density at radius 2 is 1.87 bits per heavy atom. The number of aryl methyl sites for hydroxylation is 2. The maximum atomic E-state index is 12.9. The van der Waals surface area contributed by atoms with E-state index < -0.39 is 0 Å². The predicted octanol–water partition coefficient (Wildman–Crippen LogP) is 3.90. The van der Waals surface area contributed by atoms with Crippen molar-refractivity contribution < 1.29 is 4.79 Å². The normalized spacial score (nSPS) is 15.1. The zero-order valence-electron chi connectivity index (χ0n) is 18.8. The molecule has 0 saturated carbocycles. The van der Waals surface area contributed by atoms with Crippen LogP contribution in [0.1, 0.15) is 34.4 Å². The number of fused-ring (bicyclic) bond motifs is 1. The topological polar surface area (TPSA) is 61.4 Å². The van der Waals surface area contributed by atoms with E-state index in [0.29, 0.717) is 6.54 Å². The highest BCUT2D eigenvalue weighted by Gasteiger charge is 2.27. The molecule has 1 N–H and O–H groups in total. The van der Waals surface area contributed by atoms with Crippen LogP contribution in [0.15, 0.2) is 30.6 Å². The first-order chi connectivity index (χ1) is 14.9. The van der Waals surface area contributed by atoms with Crippen molar-refractivity contribution in [2.75, 3.05) is 32.1 Å². The maximum Gasteiger partial charge on any atom is 0.223 e. The molecule has 0 atom stereocenters. The van der Waals surface area contributed by atoms with Gasteiger partial charge in [-0.05, 0) is 57.5 Å². The molecule has 0 bridgehead atoms. The second-order valence-corrected chi connectivity index (χ2v) is 9.85. The Morgan fingerprint density at radius 3 is 2.58 bits per heavy atom. The number of thiophene rings is 1. The van der Waals surface area contributed by atoms with Crippen molar-refractivity contribution >= 4 is 33.3 Å². The predicted molar refractivity (Wildman–Crippen MR) is 128 cm³/mol. The molecule has 0 unspecified atom stereocenters. The van der Waals surface area contributed by atoms with Crippen LogP contribution in [-0.2, 0) is 17.9 Å². The minimum Gasteiger partial charge on any atom is -0.356 e. The summed E-state index contributed by atoms with van der Waals surface area (Å²) in [5.74, 6) is 1.23. The number of amides is 1. The summed E-state index contributed by atoms with van der Waals surface area (Å²) in [7, 11) is 4.13. The number of hydrogen-bond donors (Lipinski definition) is 1. The lowest BCUT2D eigenvalue weighted by Crippen LogP contribution is -2.40. The number of carbonyl (C=O) groups excluding carboxylic acids is 1. The summed E-state index contributed by atoms with van der Waals surface area (Å²) in [4.78, 5) is 28.7. The standard InChI is InChI=1S/C24H31N5OS/c1-16-17(2)31-24-21(16)22(26-15-27-24)29-11-9-18(10-12-29)23(30)25-13-19-7-5-6-8-20(19)14-28(3)4/h5-8,15,18H,9-14H2,1-4H3,(H,25,30). The van der Waals surface area contributed by atoms with E-state index in [4.69, 9.17) is 0 Å². The number of piperidine rings is 1. The largest absolute Gasteiger partial charge is 0.356 e. The Balaban J connectivity index is 1.37. The van der Waals surface area contributed by atoms with Crippen LogP contribution >= 0.6 is 11.3 Å². The van der Waals surface area contributed by atoms with Gasteiger partial charge < -0.3 is 15.1 Å². The third-order valence-corrected chi connectivity index (χ3v) is 7.28. The maximum absolute atomic E-state index is 12.9. The van der Waals surface area contributed by atoms with Gasteiger partial charge in [-0.1, -0.05) is 24.3 Å². The number of rotatable bonds is 6. The zero-order valence-corrected chi connectivity index (χ0v) is 19.6. The summed E-state index contributed by atoms with van der Waals surface area (Å²) in [5, 5.41) is 4.35. The van der Waals surface area contributed by atoms with Gasteiger partial charge in [0.25, 0.3) is 0 Å². The molecule has 1 aliphatic heterocycles. The number of nitrogens with one attached hydrogen (secondary N) is 1. The quantitative estimate of drug-likeness (QED) is 0.634. The molecule has 1 fully saturated rings. The molecule has 0 spiro atoms. The lowest BCUT2D eigenvalue weighted by atomic mass is 9.95. The van der Waals surface area contributed by atoms with E-state index in [1.165, 1.54) is 27.0 Å². The lowest BCUT2D eigenvalue weighted by Gasteiger charge is -2.32. The molecule has 1 aromatic carbocycles. The van der Waals surface area contributed by atoms with Gasteiger partial charge in [0.05, 0.1) is 5.39 Å². The summed E-state index contributed by atoms with van der Waals surface area (Å²) < 4.78 is 0. The highest BCUT2D eigenvalue weighted by atomic mass is 32.1. The van der Waals surface area contributed by atoms with E-state index >= 15 is 0 Å². The molecule has 0 radical (unpaired) electrons. The van der Waals surface area contributed by atoms with Gasteiger partial charge in [-0.25, -0.2) is 9.97 Å². The van der Waals surface area contributed by atoms with Crippen molar-refractivity contribution in [3.05, 3.63) is 52.2 Å². The average molecular weight is 438 g/mol. The first-order valence-corrected chi connectivity index (χ1v) is 11.7. The van der Waals surface area contributed by atoms with Gasteiger partial charge in [-0.15, -0.1) is 11.3 Å². The van der Waals surface area contributed by atoms with Crippen LogP contribution < -0.4 is 10.2 Å². The summed E-state index contributed by atoms with van der Waals surface area (Å²) >= 11 is 1.73. The van der Waals surface area contributed by atoms with Gasteiger partial charge in [-0.2, -0.15) is 0 Å². The van der Waals surface area contributed by atoms with Crippen molar-refractivity contribution in [3.8, 4) is 0 Å². The second-order valence-electron chi connectivity index (χ2n) is 8.65. The SMILES string of the molecule is Cc1sc2ncnc(N3CCC(C(=O)NCc4ccccc4CN(C)C)CC3)c2c1C. The van der Waals surface area contributed by atoms with E-state index in [-0.39, 0.29) is 11.8 Å². The molecule has 0 aliphatic carbocycles. The Kier molecular flexibility index (Phi) is 6.53. The summed E-state index contributed by atoms with van der Waals surface area (Å²) in [5.41, 5.74) is 3.72. The third kappa shape index (κ3) is 4.72. The van der Waals surface area contributed by atoms with E-state index in [0.717, 1.165) is 43.1 Å². The van der Waals surface area contributed by atoms with Gasteiger partial charge >= 0.3 is 0 Å². The molecule has 1 aliphatic rings. The Labute approximate surface area is 188 Å². The Hall–Kier alpha value is -2.51.